The standard InChI is InChI=1S/C12H14BrN.ClH/c13-12-3-1-10(2-4-12)9-11-5-7-14-8-6-11;/h1-4,9,14H,5-8H2;1H. The maximum atomic E-state index is 3.44. The first kappa shape index (κ1) is 12.8. The third kappa shape index (κ3) is 3.98. The van der Waals surface area contributed by atoms with Gasteiger partial charge in [0, 0.05) is 4.47 Å². The van der Waals surface area contributed by atoms with E-state index in [1.807, 2.05) is 0 Å². The highest BCUT2D eigenvalue weighted by molar-refractivity contribution is 9.10. The van der Waals surface area contributed by atoms with Crippen molar-refractivity contribution in [1.82, 2.24) is 5.32 Å². The molecule has 1 fully saturated rings. The van der Waals surface area contributed by atoms with Gasteiger partial charge in [-0.25, -0.2) is 0 Å². The van der Waals surface area contributed by atoms with Gasteiger partial charge in [0.15, 0.2) is 0 Å². The molecule has 0 aromatic heterocycles. The summed E-state index contributed by atoms with van der Waals surface area (Å²) in [6.07, 6.45) is 4.69. The van der Waals surface area contributed by atoms with Crippen LogP contribution in [-0.2, 0) is 0 Å². The van der Waals surface area contributed by atoms with Gasteiger partial charge in [-0.15, -0.1) is 12.4 Å². The highest BCUT2D eigenvalue weighted by Gasteiger charge is 2.03. The molecule has 3 heteroatoms. The predicted molar refractivity (Wildman–Crippen MR) is 71.5 cm³/mol. The highest BCUT2D eigenvalue weighted by atomic mass is 79.9. The van der Waals surface area contributed by atoms with Crippen LogP contribution >= 0.6 is 28.3 Å². The monoisotopic (exact) mass is 287 g/mol. The van der Waals surface area contributed by atoms with Crippen molar-refractivity contribution in [1.29, 1.82) is 0 Å². The fourth-order valence-corrected chi connectivity index (χ4v) is 1.95. The SMILES string of the molecule is Brc1ccc(C=C2CCNCC2)cc1.Cl. The summed E-state index contributed by atoms with van der Waals surface area (Å²) in [5, 5.41) is 3.36. The van der Waals surface area contributed by atoms with E-state index < -0.39 is 0 Å². The van der Waals surface area contributed by atoms with E-state index in [1.165, 1.54) is 18.4 Å². The summed E-state index contributed by atoms with van der Waals surface area (Å²) in [6, 6.07) is 8.49. The number of halogens is 2. The summed E-state index contributed by atoms with van der Waals surface area (Å²) in [4.78, 5) is 0. The van der Waals surface area contributed by atoms with Crippen LogP contribution in [0.15, 0.2) is 34.3 Å². The molecule has 1 N–H and O–H groups in total. The van der Waals surface area contributed by atoms with Crippen LogP contribution < -0.4 is 5.32 Å². The molecule has 0 saturated carbocycles. The normalized spacial score (nSPS) is 15.7. The molecule has 0 unspecified atom stereocenters. The van der Waals surface area contributed by atoms with Crippen molar-refractivity contribution >= 4 is 34.4 Å². The zero-order chi connectivity index (χ0) is 9.80. The summed E-state index contributed by atoms with van der Waals surface area (Å²) < 4.78 is 1.14. The molecule has 15 heavy (non-hydrogen) atoms. The fraction of sp³-hybridized carbons (Fsp3) is 0.333. The molecule has 1 nitrogen and oxygen atoms in total. The molecule has 1 saturated heterocycles. The first-order chi connectivity index (χ1) is 6.84. The zero-order valence-corrected chi connectivity index (χ0v) is 10.9. The molecule has 0 aliphatic carbocycles. The van der Waals surface area contributed by atoms with Gasteiger partial charge in [0.1, 0.15) is 0 Å². The fourth-order valence-electron chi connectivity index (χ4n) is 1.69. The first-order valence-electron chi connectivity index (χ1n) is 5.00. The lowest BCUT2D eigenvalue weighted by atomic mass is 10.0. The molecule has 0 spiro atoms. The predicted octanol–water partition coefficient (Wildman–Crippen LogP) is 3.64. The van der Waals surface area contributed by atoms with Gasteiger partial charge in [0.2, 0.25) is 0 Å². The van der Waals surface area contributed by atoms with Gasteiger partial charge in [-0.05, 0) is 43.6 Å². The van der Waals surface area contributed by atoms with Crippen LogP contribution in [0.5, 0.6) is 0 Å². The number of hydrogen-bond acceptors (Lipinski definition) is 1. The lowest BCUT2D eigenvalue weighted by molar-refractivity contribution is 0.613. The number of hydrogen-bond donors (Lipinski definition) is 1. The Labute approximate surface area is 105 Å². The van der Waals surface area contributed by atoms with Crippen molar-refractivity contribution in [3.63, 3.8) is 0 Å². The Morgan fingerprint density at radius 1 is 1.07 bits per heavy atom. The molecule has 1 aromatic carbocycles. The van der Waals surface area contributed by atoms with Crippen molar-refractivity contribution in [2.45, 2.75) is 12.8 Å². The van der Waals surface area contributed by atoms with Crippen LogP contribution in [0.1, 0.15) is 18.4 Å². The van der Waals surface area contributed by atoms with Gasteiger partial charge < -0.3 is 5.32 Å². The molecule has 1 aliphatic rings. The summed E-state index contributed by atoms with van der Waals surface area (Å²) >= 11 is 3.44. The molecule has 0 atom stereocenters. The van der Waals surface area contributed by atoms with Crippen molar-refractivity contribution in [2.24, 2.45) is 0 Å². The number of piperidine rings is 1. The second kappa shape index (κ2) is 6.31. The Hall–Kier alpha value is -0.310. The van der Waals surface area contributed by atoms with Gasteiger partial charge in [-0.3, -0.25) is 0 Å². The summed E-state index contributed by atoms with van der Waals surface area (Å²) in [5.41, 5.74) is 2.87. The largest absolute Gasteiger partial charge is 0.316 e. The molecule has 0 bridgehead atoms. The smallest absolute Gasteiger partial charge is 0.0175 e. The van der Waals surface area contributed by atoms with Crippen LogP contribution in [-0.4, -0.2) is 13.1 Å². The Kier molecular flexibility index (Phi) is 5.37. The molecule has 0 amide bonds. The van der Waals surface area contributed by atoms with Crippen molar-refractivity contribution in [3.8, 4) is 0 Å². The van der Waals surface area contributed by atoms with E-state index in [1.54, 1.807) is 5.57 Å². The van der Waals surface area contributed by atoms with Crippen LogP contribution in [0.3, 0.4) is 0 Å². The molecule has 0 radical (unpaired) electrons. The van der Waals surface area contributed by atoms with Crippen LogP contribution in [0.2, 0.25) is 0 Å². The van der Waals surface area contributed by atoms with E-state index in [0.29, 0.717) is 0 Å². The Morgan fingerprint density at radius 2 is 1.67 bits per heavy atom. The third-order valence-electron chi connectivity index (χ3n) is 2.49. The van der Waals surface area contributed by atoms with Gasteiger partial charge in [0.05, 0.1) is 0 Å². The lowest BCUT2D eigenvalue weighted by Gasteiger charge is -2.15. The molecule has 1 aliphatic heterocycles. The molecular formula is C12H15BrClN. The summed E-state index contributed by atoms with van der Waals surface area (Å²) in [5.74, 6) is 0. The van der Waals surface area contributed by atoms with Gasteiger partial charge in [-0.2, -0.15) is 0 Å². The quantitative estimate of drug-likeness (QED) is 0.832. The van der Waals surface area contributed by atoms with E-state index in [-0.39, 0.29) is 12.4 Å². The van der Waals surface area contributed by atoms with Crippen LogP contribution in [0.25, 0.3) is 6.08 Å². The topological polar surface area (TPSA) is 12.0 Å². The molecule has 1 aromatic rings. The number of benzene rings is 1. The third-order valence-corrected chi connectivity index (χ3v) is 3.02. The maximum Gasteiger partial charge on any atom is 0.0175 e. The Bertz CT molecular complexity index is 324. The number of rotatable bonds is 1. The Balaban J connectivity index is 0.00000112. The van der Waals surface area contributed by atoms with Gasteiger partial charge in [0.25, 0.3) is 0 Å². The summed E-state index contributed by atoms with van der Waals surface area (Å²) in [7, 11) is 0. The maximum absolute atomic E-state index is 3.44. The zero-order valence-electron chi connectivity index (χ0n) is 8.50. The van der Waals surface area contributed by atoms with Crippen molar-refractivity contribution < 1.29 is 0 Å². The number of nitrogens with one attached hydrogen (secondary N) is 1. The molecule has 2 rings (SSSR count). The average molecular weight is 289 g/mol. The average Bonchev–Trinajstić information content (AvgIpc) is 2.23. The minimum absolute atomic E-state index is 0. The Morgan fingerprint density at radius 3 is 2.27 bits per heavy atom. The minimum atomic E-state index is 0. The lowest BCUT2D eigenvalue weighted by Crippen LogP contribution is -2.22. The van der Waals surface area contributed by atoms with Crippen LogP contribution in [0.4, 0.5) is 0 Å². The molecule has 1 heterocycles. The first-order valence-corrected chi connectivity index (χ1v) is 5.79. The van der Waals surface area contributed by atoms with E-state index in [9.17, 15) is 0 Å². The molecular weight excluding hydrogens is 273 g/mol. The van der Waals surface area contributed by atoms with Crippen molar-refractivity contribution in [2.75, 3.05) is 13.1 Å². The second-order valence-electron chi connectivity index (χ2n) is 3.60. The van der Waals surface area contributed by atoms with Crippen molar-refractivity contribution in [3.05, 3.63) is 39.9 Å². The minimum Gasteiger partial charge on any atom is -0.316 e. The van der Waals surface area contributed by atoms with E-state index in [2.05, 4.69) is 51.6 Å². The van der Waals surface area contributed by atoms with Gasteiger partial charge >= 0.3 is 0 Å². The second-order valence-corrected chi connectivity index (χ2v) is 4.52. The van der Waals surface area contributed by atoms with Gasteiger partial charge in [-0.1, -0.05) is 39.7 Å². The van der Waals surface area contributed by atoms with E-state index in [0.717, 1.165) is 17.6 Å². The van der Waals surface area contributed by atoms with Crippen LogP contribution in [0, 0.1) is 0 Å². The van der Waals surface area contributed by atoms with E-state index >= 15 is 0 Å². The highest BCUT2D eigenvalue weighted by Crippen LogP contribution is 2.17. The summed E-state index contributed by atoms with van der Waals surface area (Å²) in [6.45, 7) is 2.25. The van der Waals surface area contributed by atoms with E-state index in [4.69, 9.17) is 0 Å². The molecule has 82 valence electrons.